The smallest absolute Gasteiger partial charge is 0.138 e. The van der Waals surface area contributed by atoms with Gasteiger partial charge in [-0.25, -0.2) is 0 Å². The van der Waals surface area contributed by atoms with Crippen LogP contribution in [0.4, 0.5) is 5.69 Å². The molecule has 0 aliphatic carbocycles. The largest absolute Gasteiger partial charge is 0.457 e. The number of nitrogens with two attached hydrogens (primary N) is 1. The second kappa shape index (κ2) is 4.78. The Balaban J connectivity index is 2.06. The van der Waals surface area contributed by atoms with Crippen molar-refractivity contribution in [2.24, 2.45) is 0 Å². The third-order valence-corrected chi connectivity index (χ3v) is 2.99. The maximum Gasteiger partial charge on any atom is 0.138 e. The molecule has 0 spiro atoms. The van der Waals surface area contributed by atoms with Crippen LogP contribution in [0.2, 0.25) is 5.02 Å². The number of nitrogens with zero attached hydrogens (tertiary/aromatic N) is 1. The summed E-state index contributed by atoms with van der Waals surface area (Å²) in [6, 6.07) is 14.6. The van der Waals surface area contributed by atoms with Gasteiger partial charge in [0, 0.05) is 28.4 Å². The van der Waals surface area contributed by atoms with Crippen LogP contribution in [0.5, 0.6) is 11.5 Å². The van der Waals surface area contributed by atoms with E-state index in [-0.39, 0.29) is 0 Å². The Bertz CT molecular complexity index is 743. The Morgan fingerprint density at radius 3 is 2.79 bits per heavy atom. The minimum Gasteiger partial charge on any atom is -0.457 e. The summed E-state index contributed by atoms with van der Waals surface area (Å²) in [5.74, 6) is 1.43. The number of hydrogen-bond donors (Lipinski definition) is 1. The average Bonchev–Trinajstić information content (AvgIpc) is 2.38. The molecular weight excluding hydrogens is 260 g/mol. The van der Waals surface area contributed by atoms with Crippen LogP contribution in [0.25, 0.3) is 10.9 Å². The van der Waals surface area contributed by atoms with Gasteiger partial charge >= 0.3 is 0 Å². The van der Waals surface area contributed by atoms with Crippen molar-refractivity contribution < 1.29 is 4.74 Å². The Morgan fingerprint density at radius 1 is 1.05 bits per heavy atom. The molecule has 0 amide bonds. The van der Waals surface area contributed by atoms with Crippen molar-refractivity contribution in [3.8, 4) is 11.5 Å². The summed E-state index contributed by atoms with van der Waals surface area (Å²) >= 11 is 5.95. The maximum atomic E-state index is 5.95. The average molecular weight is 271 g/mol. The molecule has 2 N–H and O–H groups in total. The third-order valence-electron chi connectivity index (χ3n) is 2.75. The molecule has 0 aliphatic rings. The fraction of sp³-hybridized carbons (Fsp3) is 0. The van der Waals surface area contributed by atoms with E-state index in [1.807, 2.05) is 42.5 Å². The van der Waals surface area contributed by atoms with Crippen LogP contribution >= 0.6 is 11.6 Å². The molecule has 0 fully saturated rings. The van der Waals surface area contributed by atoms with Crippen molar-refractivity contribution in [3.05, 3.63) is 59.8 Å². The summed E-state index contributed by atoms with van der Waals surface area (Å²) in [6.07, 6.45) is 1.69. The van der Waals surface area contributed by atoms with Crippen molar-refractivity contribution in [1.82, 2.24) is 4.98 Å². The zero-order chi connectivity index (χ0) is 13.2. The molecule has 3 aromatic rings. The van der Waals surface area contributed by atoms with E-state index in [2.05, 4.69) is 4.98 Å². The quantitative estimate of drug-likeness (QED) is 0.708. The van der Waals surface area contributed by atoms with E-state index >= 15 is 0 Å². The van der Waals surface area contributed by atoms with Gasteiger partial charge < -0.3 is 10.5 Å². The normalized spacial score (nSPS) is 10.6. The first-order chi connectivity index (χ1) is 9.22. The highest BCUT2D eigenvalue weighted by atomic mass is 35.5. The van der Waals surface area contributed by atoms with Crippen molar-refractivity contribution in [2.75, 3.05) is 5.73 Å². The molecule has 0 radical (unpaired) electrons. The monoisotopic (exact) mass is 270 g/mol. The molecule has 3 rings (SSSR count). The number of fused-ring (bicyclic) bond motifs is 1. The van der Waals surface area contributed by atoms with E-state index in [9.17, 15) is 0 Å². The Hall–Kier alpha value is -2.26. The number of anilines is 1. The molecular formula is C15H11ClN2O. The van der Waals surface area contributed by atoms with Gasteiger partial charge in [0.15, 0.2) is 0 Å². The van der Waals surface area contributed by atoms with E-state index < -0.39 is 0 Å². The number of halogens is 1. The van der Waals surface area contributed by atoms with Crippen LogP contribution < -0.4 is 10.5 Å². The van der Waals surface area contributed by atoms with E-state index in [1.165, 1.54) is 0 Å². The maximum absolute atomic E-state index is 5.95. The number of rotatable bonds is 2. The van der Waals surface area contributed by atoms with E-state index in [1.54, 1.807) is 12.3 Å². The van der Waals surface area contributed by atoms with Crippen molar-refractivity contribution in [3.63, 3.8) is 0 Å². The lowest BCUT2D eigenvalue weighted by Crippen LogP contribution is -1.89. The van der Waals surface area contributed by atoms with Gasteiger partial charge in [-0.2, -0.15) is 0 Å². The predicted octanol–water partition coefficient (Wildman–Crippen LogP) is 4.26. The lowest BCUT2D eigenvalue weighted by atomic mass is 10.2. The molecule has 0 saturated heterocycles. The molecule has 0 atom stereocenters. The summed E-state index contributed by atoms with van der Waals surface area (Å²) in [7, 11) is 0. The molecule has 4 heteroatoms. The first kappa shape index (κ1) is 11.8. The molecule has 0 aliphatic heterocycles. The van der Waals surface area contributed by atoms with Gasteiger partial charge in [-0.1, -0.05) is 17.7 Å². The Kier molecular flexibility index (Phi) is 2.97. The first-order valence-electron chi connectivity index (χ1n) is 5.80. The summed E-state index contributed by atoms with van der Waals surface area (Å²) < 4.78 is 5.85. The van der Waals surface area contributed by atoms with Gasteiger partial charge in [-0.3, -0.25) is 4.98 Å². The van der Waals surface area contributed by atoms with Crippen molar-refractivity contribution in [2.45, 2.75) is 0 Å². The third kappa shape index (κ3) is 2.46. The minimum atomic E-state index is 0.654. The number of nitrogen functional groups attached to an aromatic ring is 1. The van der Waals surface area contributed by atoms with Crippen LogP contribution in [0, 0.1) is 0 Å². The molecule has 1 aromatic heterocycles. The van der Waals surface area contributed by atoms with Gasteiger partial charge in [0.2, 0.25) is 0 Å². The standard InChI is InChI=1S/C15H11ClN2O/c16-10-4-5-13-14(8-10)18-7-6-15(13)19-12-3-1-2-11(17)9-12/h1-9H,17H2. The molecule has 0 unspecified atom stereocenters. The van der Waals surface area contributed by atoms with Gasteiger partial charge in [0.05, 0.1) is 5.52 Å². The fourth-order valence-corrected chi connectivity index (χ4v) is 2.06. The molecule has 19 heavy (non-hydrogen) atoms. The summed E-state index contributed by atoms with van der Waals surface area (Å²) in [5.41, 5.74) is 7.20. The molecule has 0 saturated carbocycles. The highest BCUT2D eigenvalue weighted by Gasteiger charge is 2.05. The summed E-state index contributed by atoms with van der Waals surface area (Å²) in [4.78, 5) is 4.27. The zero-order valence-electron chi connectivity index (χ0n) is 10.0. The van der Waals surface area contributed by atoms with Crippen LogP contribution in [-0.4, -0.2) is 4.98 Å². The SMILES string of the molecule is Nc1cccc(Oc2ccnc3cc(Cl)ccc23)c1. The highest BCUT2D eigenvalue weighted by Crippen LogP contribution is 2.30. The van der Waals surface area contributed by atoms with Crippen molar-refractivity contribution >= 4 is 28.2 Å². The number of hydrogen-bond acceptors (Lipinski definition) is 3. The molecule has 1 heterocycles. The number of aromatic nitrogens is 1. The van der Waals surface area contributed by atoms with Crippen molar-refractivity contribution in [1.29, 1.82) is 0 Å². The zero-order valence-corrected chi connectivity index (χ0v) is 10.8. The second-order valence-corrected chi connectivity index (χ2v) is 4.58. The van der Waals surface area contributed by atoms with E-state index in [0.717, 1.165) is 16.7 Å². The van der Waals surface area contributed by atoms with E-state index in [0.29, 0.717) is 16.5 Å². The van der Waals surface area contributed by atoms with Crippen LogP contribution in [0.15, 0.2) is 54.7 Å². The Labute approximate surface area is 115 Å². The molecule has 94 valence electrons. The summed E-state index contributed by atoms with van der Waals surface area (Å²) in [6.45, 7) is 0. The lowest BCUT2D eigenvalue weighted by molar-refractivity contribution is 0.488. The molecule has 3 nitrogen and oxygen atoms in total. The number of ether oxygens (including phenoxy) is 1. The van der Waals surface area contributed by atoms with Gasteiger partial charge in [0.1, 0.15) is 11.5 Å². The van der Waals surface area contributed by atoms with Crippen LogP contribution in [0.1, 0.15) is 0 Å². The van der Waals surface area contributed by atoms with Crippen LogP contribution in [0.3, 0.4) is 0 Å². The summed E-state index contributed by atoms with van der Waals surface area (Å²) in [5, 5.41) is 1.57. The lowest BCUT2D eigenvalue weighted by Gasteiger charge is -2.09. The van der Waals surface area contributed by atoms with E-state index in [4.69, 9.17) is 22.1 Å². The van der Waals surface area contributed by atoms with Crippen LogP contribution in [-0.2, 0) is 0 Å². The van der Waals surface area contributed by atoms with Gasteiger partial charge in [0.25, 0.3) is 0 Å². The Morgan fingerprint density at radius 2 is 1.95 bits per heavy atom. The minimum absolute atomic E-state index is 0.654. The number of pyridine rings is 1. The molecule has 0 bridgehead atoms. The van der Waals surface area contributed by atoms with Gasteiger partial charge in [-0.15, -0.1) is 0 Å². The fourth-order valence-electron chi connectivity index (χ4n) is 1.89. The molecule has 2 aromatic carbocycles. The van der Waals surface area contributed by atoms with Gasteiger partial charge in [-0.05, 0) is 36.4 Å². The predicted molar refractivity (Wildman–Crippen MR) is 77.7 cm³/mol. The first-order valence-corrected chi connectivity index (χ1v) is 6.18. The number of benzene rings is 2. The topological polar surface area (TPSA) is 48.1 Å². The highest BCUT2D eigenvalue weighted by molar-refractivity contribution is 6.31. The second-order valence-electron chi connectivity index (χ2n) is 4.15.